The molecular formula is C17H24N2O5. The number of piperidine rings is 1. The van der Waals surface area contributed by atoms with Crippen LogP contribution in [0.4, 0.5) is 4.79 Å². The van der Waals surface area contributed by atoms with Crippen LogP contribution in [0.5, 0.6) is 11.5 Å². The van der Waals surface area contributed by atoms with Crippen LogP contribution in [0.3, 0.4) is 0 Å². The molecule has 7 heteroatoms. The highest BCUT2D eigenvalue weighted by Gasteiger charge is 2.29. The molecule has 1 aromatic carbocycles. The molecule has 2 rings (SSSR count). The minimum absolute atomic E-state index is 0.150. The predicted molar refractivity (Wildman–Crippen MR) is 87.7 cm³/mol. The largest absolute Gasteiger partial charge is 0.508 e. The maximum absolute atomic E-state index is 12.3. The first kappa shape index (κ1) is 17.9. The van der Waals surface area contributed by atoms with Gasteiger partial charge in [-0.15, -0.1) is 0 Å². The predicted octanol–water partition coefficient (Wildman–Crippen LogP) is 2.10. The molecule has 0 spiro atoms. The van der Waals surface area contributed by atoms with Crippen LogP contribution in [0, 0.1) is 5.92 Å². The van der Waals surface area contributed by atoms with Crippen molar-refractivity contribution in [3.05, 3.63) is 24.3 Å². The van der Waals surface area contributed by atoms with Gasteiger partial charge in [0.1, 0.15) is 11.5 Å². The highest BCUT2D eigenvalue weighted by Crippen LogP contribution is 2.19. The summed E-state index contributed by atoms with van der Waals surface area (Å²) in [5.74, 6) is 0.183. The number of hydrogen-bond donors (Lipinski definition) is 2. The number of carbonyl (C=O) groups is 2. The van der Waals surface area contributed by atoms with E-state index in [0.717, 1.165) is 12.8 Å². The minimum atomic E-state index is -0.537. The number of rotatable bonds is 5. The monoisotopic (exact) mass is 336 g/mol. The number of amides is 2. The molecule has 24 heavy (non-hydrogen) atoms. The van der Waals surface area contributed by atoms with Crippen LogP contribution in [0.1, 0.15) is 26.7 Å². The fourth-order valence-corrected chi connectivity index (χ4v) is 2.64. The molecule has 2 N–H and O–H groups in total. The molecule has 2 atom stereocenters. The van der Waals surface area contributed by atoms with Gasteiger partial charge in [0.2, 0.25) is 0 Å². The molecule has 0 bridgehead atoms. The zero-order valence-electron chi connectivity index (χ0n) is 14.0. The summed E-state index contributed by atoms with van der Waals surface area (Å²) >= 11 is 0. The number of nitrogens with zero attached hydrogens (tertiary/aromatic N) is 1. The number of phenolic OH excluding ortho intramolecular Hbond substituents is 1. The molecule has 1 aromatic rings. The van der Waals surface area contributed by atoms with Crippen molar-refractivity contribution in [3.63, 3.8) is 0 Å². The van der Waals surface area contributed by atoms with E-state index in [1.54, 1.807) is 30.9 Å². The van der Waals surface area contributed by atoms with Crippen molar-refractivity contribution in [2.45, 2.75) is 32.9 Å². The Labute approximate surface area is 141 Å². The number of nitrogens with one attached hydrogen (secondary N) is 1. The Kier molecular flexibility index (Phi) is 6.28. The average molecular weight is 336 g/mol. The first-order chi connectivity index (χ1) is 11.5. The maximum atomic E-state index is 12.3. The van der Waals surface area contributed by atoms with Gasteiger partial charge in [0, 0.05) is 13.1 Å². The summed E-state index contributed by atoms with van der Waals surface area (Å²) in [6, 6.07) is 6.00. The van der Waals surface area contributed by atoms with E-state index < -0.39 is 6.23 Å². The van der Waals surface area contributed by atoms with E-state index in [1.165, 1.54) is 12.1 Å². The van der Waals surface area contributed by atoms with Crippen molar-refractivity contribution in [3.8, 4) is 11.5 Å². The summed E-state index contributed by atoms with van der Waals surface area (Å²) in [7, 11) is 0. The third-order valence-electron chi connectivity index (χ3n) is 3.80. The van der Waals surface area contributed by atoms with Gasteiger partial charge in [-0.25, -0.2) is 4.79 Å². The Morgan fingerprint density at radius 1 is 1.38 bits per heavy atom. The van der Waals surface area contributed by atoms with E-state index in [4.69, 9.17) is 9.47 Å². The Morgan fingerprint density at radius 3 is 2.75 bits per heavy atom. The zero-order valence-corrected chi connectivity index (χ0v) is 14.0. The summed E-state index contributed by atoms with van der Waals surface area (Å²) < 4.78 is 10.6. The lowest BCUT2D eigenvalue weighted by molar-refractivity contribution is -0.149. The second-order valence-electron chi connectivity index (χ2n) is 5.74. The number of esters is 1. The first-order valence-electron chi connectivity index (χ1n) is 8.17. The molecule has 1 aliphatic heterocycles. The normalized spacial score (nSPS) is 18.6. The smallest absolute Gasteiger partial charge is 0.320 e. The molecule has 0 saturated carbocycles. The number of carbonyl (C=O) groups excluding carboxylic acids is 2. The van der Waals surface area contributed by atoms with Crippen molar-refractivity contribution >= 4 is 12.0 Å². The topological polar surface area (TPSA) is 88.1 Å². The molecule has 2 amide bonds. The van der Waals surface area contributed by atoms with E-state index >= 15 is 0 Å². The lowest BCUT2D eigenvalue weighted by Gasteiger charge is -2.32. The van der Waals surface area contributed by atoms with Gasteiger partial charge in [0.05, 0.1) is 12.5 Å². The van der Waals surface area contributed by atoms with Gasteiger partial charge in [-0.05, 0) is 51.0 Å². The van der Waals surface area contributed by atoms with Gasteiger partial charge < -0.3 is 24.8 Å². The summed E-state index contributed by atoms with van der Waals surface area (Å²) in [4.78, 5) is 25.8. The van der Waals surface area contributed by atoms with Crippen LogP contribution >= 0.6 is 0 Å². The van der Waals surface area contributed by atoms with Crippen molar-refractivity contribution in [1.82, 2.24) is 10.2 Å². The molecule has 1 heterocycles. The standard InChI is InChI=1S/C17H24N2O5/c1-3-23-16(21)13-5-4-10-19(11-13)17(22)18-12(2)24-15-8-6-14(20)7-9-15/h6-9,12-13,20H,3-5,10-11H2,1-2H3,(H,18,22). The van der Waals surface area contributed by atoms with Crippen molar-refractivity contribution < 1.29 is 24.2 Å². The van der Waals surface area contributed by atoms with Gasteiger partial charge in [0.15, 0.2) is 6.23 Å². The lowest BCUT2D eigenvalue weighted by Crippen LogP contribution is -2.50. The Hall–Kier alpha value is -2.44. The second-order valence-corrected chi connectivity index (χ2v) is 5.74. The number of benzene rings is 1. The number of hydrogen-bond acceptors (Lipinski definition) is 5. The molecule has 1 fully saturated rings. The number of likely N-dealkylation sites (tertiary alicyclic amines) is 1. The average Bonchev–Trinajstić information content (AvgIpc) is 2.57. The van der Waals surface area contributed by atoms with Crippen molar-refractivity contribution in [1.29, 1.82) is 0 Å². The van der Waals surface area contributed by atoms with Crippen LogP contribution in [-0.4, -0.2) is 47.9 Å². The van der Waals surface area contributed by atoms with E-state index in [0.29, 0.717) is 25.4 Å². The Bertz CT molecular complexity index is 561. The molecule has 1 aliphatic rings. The van der Waals surface area contributed by atoms with Crippen LogP contribution < -0.4 is 10.1 Å². The van der Waals surface area contributed by atoms with Crippen LogP contribution in [0.15, 0.2) is 24.3 Å². The molecule has 0 radical (unpaired) electrons. The van der Waals surface area contributed by atoms with E-state index in [1.807, 2.05) is 0 Å². The molecule has 7 nitrogen and oxygen atoms in total. The summed E-state index contributed by atoms with van der Waals surface area (Å²) in [5.41, 5.74) is 0. The van der Waals surface area contributed by atoms with Gasteiger partial charge in [0.25, 0.3) is 0 Å². The lowest BCUT2D eigenvalue weighted by atomic mass is 9.98. The van der Waals surface area contributed by atoms with Crippen LogP contribution in [-0.2, 0) is 9.53 Å². The molecule has 132 valence electrons. The molecular weight excluding hydrogens is 312 g/mol. The van der Waals surface area contributed by atoms with Crippen molar-refractivity contribution in [2.75, 3.05) is 19.7 Å². The second kappa shape index (κ2) is 8.42. The third kappa shape index (κ3) is 5.04. The van der Waals surface area contributed by atoms with Gasteiger partial charge in [-0.2, -0.15) is 0 Å². The minimum Gasteiger partial charge on any atom is -0.508 e. The number of ether oxygens (including phenoxy) is 2. The van der Waals surface area contributed by atoms with Gasteiger partial charge in [-0.3, -0.25) is 4.79 Å². The molecule has 2 unspecified atom stereocenters. The number of aromatic hydroxyl groups is 1. The zero-order chi connectivity index (χ0) is 17.5. The van der Waals surface area contributed by atoms with Gasteiger partial charge in [-0.1, -0.05) is 0 Å². The highest BCUT2D eigenvalue weighted by molar-refractivity contribution is 5.77. The third-order valence-corrected chi connectivity index (χ3v) is 3.80. The number of phenols is 1. The molecule has 0 aromatic heterocycles. The van der Waals surface area contributed by atoms with Crippen molar-refractivity contribution in [2.24, 2.45) is 5.92 Å². The SMILES string of the molecule is CCOC(=O)C1CCCN(C(=O)NC(C)Oc2ccc(O)cc2)C1. The van der Waals surface area contributed by atoms with E-state index in [9.17, 15) is 14.7 Å². The highest BCUT2D eigenvalue weighted by atomic mass is 16.5. The Morgan fingerprint density at radius 2 is 2.08 bits per heavy atom. The quantitative estimate of drug-likeness (QED) is 0.635. The van der Waals surface area contributed by atoms with Crippen LogP contribution in [0.25, 0.3) is 0 Å². The first-order valence-corrected chi connectivity index (χ1v) is 8.17. The summed E-state index contributed by atoms with van der Waals surface area (Å²) in [5, 5.41) is 12.0. The van der Waals surface area contributed by atoms with Crippen LogP contribution in [0.2, 0.25) is 0 Å². The van der Waals surface area contributed by atoms with E-state index in [-0.39, 0.29) is 23.7 Å². The summed E-state index contributed by atoms with van der Waals surface area (Å²) in [6.45, 7) is 4.80. The fraction of sp³-hybridized carbons (Fsp3) is 0.529. The fourth-order valence-electron chi connectivity index (χ4n) is 2.64. The number of urea groups is 1. The Balaban J connectivity index is 1.84. The molecule has 0 aliphatic carbocycles. The summed E-state index contributed by atoms with van der Waals surface area (Å²) in [6.07, 6.45) is 0.969. The van der Waals surface area contributed by atoms with Gasteiger partial charge >= 0.3 is 12.0 Å². The maximum Gasteiger partial charge on any atom is 0.320 e. The van der Waals surface area contributed by atoms with E-state index in [2.05, 4.69) is 5.32 Å². The molecule has 1 saturated heterocycles.